The highest BCUT2D eigenvalue weighted by Crippen LogP contribution is 2.23. The fraction of sp³-hybridized carbons (Fsp3) is 0.368. The van der Waals surface area contributed by atoms with Crippen molar-refractivity contribution < 1.29 is 5.11 Å². The smallest absolute Gasteiger partial charge is 0.0964 e. The second-order valence-corrected chi connectivity index (χ2v) is 5.68. The van der Waals surface area contributed by atoms with Gasteiger partial charge in [0.1, 0.15) is 0 Å². The Morgan fingerprint density at radius 3 is 2.29 bits per heavy atom. The van der Waals surface area contributed by atoms with E-state index in [1.54, 1.807) is 0 Å². The summed E-state index contributed by atoms with van der Waals surface area (Å²) in [5, 5.41) is 10.5. The Morgan fingerprint density at radius 1 is 0.952 bits per heavy atom. The molecule has 2 aromatic carbocycles. The van der Waals surface area contributed by atoms with Crippen molar-refractivity contribution in [3.8, 4) is 0 Å². The lowest BCUT2D eigenvalue weighted by Gasteiger charge is -2.27. The summed E-state index contributed by atoms with van der Waals surface area (Å²) >= 11 is 0. The van der Waals surface area contributed by atoms with E-state index in [-0.39, 0.29) is 0 Å². The summed E-state index contributed by atoms with van der Waals surface area (Å²) < 4.78 is 0. The van der Waals surface area contributed by atoms with Gasteiger partial charge in [0, 0.05) is 18.8 Å². The third-order valence-electron chi connectivity index (χ3n) is 4.15. The van der Waals surface area contributed by atoms with Crippen LogP contribution in [0.25, 0.3) is 0 Å². The van der Waals surface area contributed by atoms with Crippen molar-refractivity contribution in [3.05, 3.63) is 64.7 Å². The number of nitrogens with zero attached hydrogens (tertiary/aromatic N) is 1. The molecule has 2 rings (SSSR count). The number of aliphatic hydroxyl groups excluding tert-OH is 1. The van der Waals surface area contributed by atoms with Gasteiger partial charge in [-0.1, -0.05) is 36.4 Å². The maximum atomic E-state index is 10.5. The van der Waals surface area contributed by atoms with E-state index in [1.807, 2.05) is 18.2 Å². The van der Waals surface area contributed by atoms with Crippen molar-refractivity contribution in [3.63, 3.8) is 0 Å². The fourth-order valence-corrected chi connectivity index (χ4v) is 2.60. The number of aryl methyl sites for hydroxylation is 3. The van der Waals surface area contributed by atoms with Crippen molar-refractivity contribution in [1.29, 1.82) is 0 Å². The van der Waals surface area contributed by atoms with Gasteiger partial charge < -0.3 is 10.0 Å². The molecule has 1 N–H and O–H groups in total. The molecule has 0 aromatic heterocycles. The van der Waals surface area contributed by atoms with Gasteiger partial charge >= 0.3 is 0 Å². The molecule has 1 atom stereocenters. The summed E-state index contributed by atoms with van der Waals surface area (Å²) in [6, 6.07) is 14.5. The third-order valence-corrected chi connectivity index (χ3v) is 4.15. The zero-order valence-electron chi connectivity index (χ0n) is 13.4. The first kappa shape index (κ1) is 15.6. The topological polar surface area (TPSA) is 23.5 Å². The van der Waals surface area contributed by atoms with E-state index < -0.39 is 6.10 Å². The molecule has 21 heavy (non-hydrogen) atoms. The molecule has 0 radical (unpaired) electrons. The molecule has 112 valence electrons. The van der Waals surface area contributed by atoms with E-state index in [9.17, 15) is 5.11 Å². The average molecular weight is 283 g/mol. The van der Waals surface area contributed by atoms with E-state index in [1.165, 1.54) is 22.4 Å². The molecule has 0 saturated carbocycles. The molecule has 0 bridgehead atoms. The molecule has 0 saturated heterocycles. The summed E-state index contributed by atoms with van der Waals surface area (Å²) in [4.78, 5) is 2.23. The maximum Gasteiger partial charge on any atom is 0.0964 e. The quantitative estimate of drug-likeness (QED) is 0.890. The molecule has 2 aromatic rings. The van der Waals surface area contributed by atoms with Gasteiger partial charge in [-0.25, -0.2) is 0 Å². The molecule has 0 aliphatic rings. The summed E-state index contributed by atoms with van der Waals surface area (Å²) in [7, 11) is 0. The van der Waals surface area contributed by atoms with E-state index in [0.717, 1.165) is 12.1 Å². The Balaban J connectivity index is 2.18. The number of para-hydroxylation sites is 1. The van der Waals surface area contributed by atoms with Crippen LogP contribution in [0.5, 0.6) is 0 Å². The molecule has 0 spiro atoms. The first-order valence-electron chi connectivity index (χ1n) is 7.58. The Hall–Kier alpha value is -1.80. The first-order valence-corrected chi connectivity index (χ1v) is 7.58. The van der Waals surface area contributed by atoms with Crippen LogP contribution in [0.2, 0.25) is 0 Å². The lowest BCUT2D eigenvalue weighted by atomic mass is 10.0. The first-order chi connectivity index (χ1) is 10.0. The number of likely N-dealkylation sites (N-methyl/N-ethyl adjacent to an activating group) is 1. The zero-order valence-corrected chi connectivity index (χ0v) is 13.4. The molecule has 0 aliphatic heterocycles. The molecule has 0 amide bonds. The number of hydrogen-bond acceptors (Lipinski definition) is 2. The lowest BCUT2D eigenvalue weighted by Crippen LogP contribution is -2.29. The number of rotatable bonds is 5. The molecular formula is C19H25NO. The summed E-state index contributed by atoms with van der Waals surface area (Å²) in [6.45, 7) is 9.91. The van der Waals surface area contributed by atoms with Crippen LogP contribution in [-0.4, -0.2) is 18.2 Å². The largest absolute Gasteiger partial charge is 0.387 e. The van der Waals surface area contributed by atoms with Crippen molar-refractivity contribution in [2.45, 2.75) is 33.8 Å². The average Bonchev–Trinajstić information content (AvgIpc) is 2.48. The van der Waals surface area contributed by atoms with Crippen molar-refractivity contribution in [2.75, 3.05) is 18.0 Å². The monoisotopic (exact) mass is 283 g/mol. The Kier molecular flexibility index (Phi) is 5.03. The van der Waals surface area contributed by atoms with E-state index >= 15 is 0 Å². The molecule has 2 nitrogen and oxygen atoms in total. The van der Waals surface area contributed by atoms with Crippen LogP contribution in [-0.2, 0) is 0 Å². The molecule has 0 heterocycles. The zero-order chi connectivity index (χ0) is 15.4. The fourth-order valence-electron chi connectivity index (χ4n) is 2.60. The highest BCUT2D eigenvalue weighted by Gasteiger charge is 2.14. The van der Waals surface area contributed by atoms with Crippen LogP contribution in [0.4, 0.5) is 5.69 Å². The molecular weight excluding hydrogens is 258 g/mol. The van der Waals surface area contributed by atoms with Gasteiger partial charge in [-0.3, -0.25) is 0 Å². The van der Waals surface area contributed by atoms with Crippen LogP contribution >= 0.6 is 0 Å². The predicted molar refractivity (Wildman–Crippen MR) is 89.9 cm³/mol. The van der Waals surface area contributed by atoms with Crippen LogP contribution in [0.3, 0.4) is 0 Å². The Bertz CT molecular complexity index is 606. The highest BCUT2D eigenvalue weighted by atomic mass is 16.3. The number of hydrogen-bond donors (Lipinski definition) is 1. The van der Waals surface area contributed by atoms with Crippen molar-refractivity contribution in [2.24, 2.45) is 0 Å². The highest BCUT2D eigenvalue weighted by molar-refractivity contribution is 5.53. The molecule has 2 heteroatoms. The number of anilines is 1. The van der Waals surface area contributed by atoms with Gasteiger partial charge in [0.15, 0.2) is 0 Å². The normalized spacial score (nSPS) is 12.2. The van der Waals surface area contributed by atoms with Gasteiger partial charge in [0.25, 0.3) is 0 Å². The number of aliphatic hydroxyl groups is 1. The number of benzene rings is 2. The van der Waals surface area contributed by atoms with Crippen LogP contribution in [0.15, 0.2) is 42.5 Å². The third kappa shape index (κ3) is 3.64. The van der Waals surface area contributed by atoms with Crippen molar-refractivity contribution in [1.82, 2.24) is 0 Å². The summed E-state index contributed by atoms with van der Waals surface area (Å²) in [6.07, 6.45) is -0.469. The van der Waals surface area contributed by atoms with E-state index in [0.29, 0.717) is 6.54 Å². The van der Waals surface area contributed by atoms with Crippen LogP contribution in [0, 0.1) is 20.8 Å². The van der Waals surface area contributed by atoms with Gasteiger partial charge in [0.05, 0.1) is 6.10 Å². The van der Waals surface area contributed by atoms with Crippen molar-refractivity contribution >= 4 is 5.69 Å². The summed E-state index contributed by atoms with van der Waals surface area (Å²) in [5.41, 5.74) is 5.92. The van der Waals surface area contributed by atoms with Crippen LogP contribution in [0.1, 0.15) is 35.3 Å². The molecule has 1 unspecified atom stereocenters. The Labute approximate surface area is 128 Å². The molecule has 0 aliphatic carbocycles. The predicted octanol–water partition coefficient (Wildman–Crippen LogP) is 4.17. The van der Waals surface area contributed by atoms with E-state index in [4.69, 9.17) is 0 Å². The van der Waals surface area contributed by atoms with Gasteiger partial charge in [-0.15, -0.1) is 0 Å². The lowest BCUT2D eigenvalue weighted by molar-refractivity contribution is 0.183. The molecule has 0 fully saturated rings. The minimum absolute atomic E-state index is 0.469. The van der Waals surface area contributed by atoms with Gasteiger partial charge in [-0.05, 0) is 56.0 Å². The SMILES string of the molecule is CCN(CC(O)c1ccc(C)c(C)c1)c1ccccc1C. The van der Waals surface area contributed by atoms with Gasteiger partial charge in [-0.2, -0.15) is 0 Å². The second-order valence-electron chi connectivity index (χ2n) is 5.68. The minimum Gasteiger partial charge on any atom is -0.387 e. The standard InChI is InChI=1S/C19H25NO/c1-5-20(18-9-7-6-8-15(18)3)13-19(21)17-11-10-14(2)16(4)12-17/h6-12,19,21H,5,13H2,1-4H3. The second kappa shape index (κ2) is 6.77. The maximum absolute atomic E-state index is 10.5. The Morgan fingerprint density at radius 2 is 1.67 bits per heavy atom. The summed E-state index contributed by atoms with van der Waals surface area (Å²) in [5.74, 6) is 0. The van der Waals surface area contributed by atoms with Gasteiger partial charge in [0.2, 0.25) is 0 Å². The van der Waals surface area contributed by atoms with Crippen LogP contribution < -0.4 is 4.90 Å². The minimum atomic E-state index is -0.469. The van der Waals surface area contributed by atoms with E-state index in [2.05, 4.69) is 56.9 Å².